The molecular weight excluding hydrogens is 594 g/mol. The second-order valence-electron chi connectivity index (χ2n) is 17.2. The number of hydrogen-bond acceptors (Lipinski definition) is 8. The predicted octanol–water partition coefficient (Wildman–Crippen LogP) is 3.37. The van der Waals surface area contributed by atoms with E-state index in [0.29, 0.717) is 53.5 Å². The molecule has 4 N–H and O–H groups in total. The van der Waals surface area contributed by atoms with E-state index in [2.05, 4.69) is 45.1 Å². The number of ether oxygens (including phenoxy) is 1. The zero-order valence-corrected chi connectivity index (χ0v) is 30.9. The number of hydrogen-bond donors (Lipinski definition) is 3. The summed E-state index contributed by atoms with van der Waals surface area (Å²) in [5.74, 6) is 2.92. The van der Waals surface area contributed by atoms with E-state index in [4.69, 9.17) is 15.3 Å². The monoisotopic (exact) mass is 662 g/mol. The summed E-state index contributed by atoms with van der Waals surface area (Å²) in [4.78, 5) is 37.1. The van der Waals surface area contributed by atoms with Crippen molar-refractivity contribution >= 4 is 11.8 Å². The molecule has 5 aliphatic carbocycles. The number of nitrogens with one attached hydrogen (secondary N) is 1. The van der Waals surface area contributed by atoms with Crippen LogP contribution in [0.25, 0.3) is 0 Å². The largest absolute Gasteiger partial charge is 0.393 e. The summed E-state index contributed by atoms with van der Waals surface area (Å²) in [6, 6.07) is 0.0199. The second kappa shape index (κ2) is 14.9. The molecule has 0 aromatic rings. The van der Waals surface area contributed by atoms with Crippen molar-refractivity contribution in [2.24, 2.45) is 58.5 Å². The van der Waals surface area contributed by atoms with Gasteiger partial charge in [-0.15, -0.1) is 0 Å². The maximum atomic E-state index is 14.3. The quantitative estimate of drug-likeness (QED) is 0.309. The number of fused-ring (bicyclic) bond motifs is 2. The summed E-state index contributed by atoms with van der Waals surface area (Å²) in [5, 5.41) is 16.3. The molecule has 10 nitrogen and oxygen atoms in total. The Balaban J connectivity index is 1.32. The molecule has 0 aromatic heterocycles. The number of aliphatic hydroxyl groups excluding tert-OH is 1. The zero-order chi connectivity index (χ0) is 34.4. The maximum Gasteiger partial charge on any atom is 0.240 e. The highest BCUT2D eigenvalue weighted by Crippen LogP contribution is 2.61. The summed E-state index contributed by atoms with van der Waals surface area (Å²) in [7, 11) is 8.12. The van der Waals surface area contributed by atoms with Crippen LogP contribution < -0.4 is 11.1 Å². The summed E-state index contributed by atoms with van der Waals surface area (Å²) >= 11 is 0. The first-order chi connectivity index (χ1) is 22.2. The Kier molecular flexibility index (Phi) is 11.7. The Bertz CT molecular complexity index is 1090. The van der Waals surface area contributed by atoms with Gasteiger partial charge in [0.2, 0.25) is 11.8 Å². The molecule has 6 aliphatic rings. The average Bonchev–Trinajstić information content (AvgIpc) is 3.40. The Morgan fingerprint density at radius 2 is 1.85 bits per heavy atom. The molecule has 47 heavy (non-hydrogen) atoms. The van der Waals surface area contributed by atoms with Gasteiger partial charge in [-0.2, -0.15) is 5.06 Å². The summed E-state index contributed by atoms with van der Waals surface area (Å²) in [6.45, 7) is 12.1. The minimum Gasteiger partial charge on any atom is -0.393 e. The van der Waals surface area contributed by atoms with E-state index < -0.39 is 24.2 Å². The van der Waals surface area contributed by atoms with E-state index in [1.807, 2.05) is 24.1 Å². The number of carbonyl (C=O) groups excluding carboxylic acids is 2. The van der Waals surface area contributed by atoms with Crippen molar-refractivity contribution in [3.8, 4) is 0 Å². The predicted molar refractivity (Wildman–Crippen MR) is 184 cm³/mol. The summed E-state index contributed by atoms with van der Waals surface area (Å²) in [5.41, 5.74) is 6.55. The average molecular weight is 662 g/mol. The van der Waals surface area contributed by atoms with Crippen molar-refractivity contribution in [2.75, 3.05) is 47.9 Å². The fraction of sp³-hybridized carbons (Fsp3) is 0.946. The zero-order valence-electron chi connectivity index (χ0n) is 30.9. The van der Waals surface area contributed by atoms with Gasteiger partial charge in [0.25, 0.3) is 0 Å². The molecule has 6 fully saturated rings. The number of aliphatic hydroxyl groups is 1. The van der Waals surface area contributed by atoms with E-state index >= 15 is 0 Å². The van der Waals surface area contributed by atoms with Gasteiger partial charge in [0.1, 0.15) is 6.04 Å². The smallest absolute Gasteiger partial charge is 0.240 e. The van der Waals surface area contributed by atoms with Gasteiger partial charge in [0.05, 0.1) is 18.3 Å². The molecule has 6 unspecified atom stereocenters. The van der Waals surface area contributed by atoms with Crippen molar-refractivity contribution in [3.63, 3.8) is 0 Å². The fourth-order valence-electron chi connectivity index (χ4n) is 11.0. The molecule has 6 rings (SSSR count). The molecule has 270 valence electrons. The third-order valence-electron chi connectivity index (χ3n) is 14.0. The molecule has 1 aliphatic heterocycles. The van der Waals surface area contributed by atoms with Gasteiger partial charge in [0.15, 0.2) is 0 Å². The number of carbonyl (C=O) groups is 2. The minimum absolute atomic E-state index is 0.0392. The number of nitrogens with two attached hydrogens (primary N) is 1. The SMILES string of the molecule is COC1C(CN2O[C@@H](CN)[C@H]([C@H](C)O)[C@H]2C(=O)N[C@H]2C[C@H]3C[C@@H]([C@@H]2C)C3(C)C)CCCC1C1CC(CN(C)C(C)=O)CC(N(C)C)C1. The normalized spacial score (nSPS) is 42.5. The molecule has 5 saturated carbocycles. The number of hydroxylamine groups is 2. The molecule has 1 saturated heterocycles. The van der Waals surface area contributed by atoms with Gasteiger partial charge >= 0.3 is 0 Å². The Morgan fingerprint density at radius 1 is 1.13 bits per heavy atom. The molecule has 2 amide bonds. The highest BCUT2D eigenvalue weighted by Gasteiger charge is 2.57. The lowest BCUT2D eigenvalue weighted by molar-refractivity contribution is -0.186. The highest BCUT2D eigenvalue weighted by atomic mass is 16.7. The van der Waals surface area contributed by atoms with Gasteiger partial charge in [-0.25, -0.2) is 0 Å². The first-order valence-electron chi connectivity index (χ1n) is 18.7. The van der Waals surface area contributed by atoms with Crippen LogP contribution in [-0.4, -0.2) is 116 Å². The van der Waals surface area contributed by atoms with Crippen molar-refractivity contribution in [1.29, 1.82) is 0 Å². The van der Waals surface area contributed by atoms with E-state index in [9.17, 15) is 14.7 Å². The molecule has 0 radical (unpaired) electrons. The van der Waals surface area contributed by atoms with Crippen LogP contribution >= 0.6 is 0 Å². The van der Waals surface area contributed by atoms with Crippen molar-refractivity contribution in [2.45, 2.75) is 122 Å². The first-order valence-corrected chi connectivity index (χ1v) is 18.7. The van der Waals surface area contributed by atoms with Crippen molar-refractivity contribution in [3.05, 3.63) is 0 Å². The van der Waals surface area contributed by atoms with Gasteiger partial charge < -0.3 is 30.7 Å². The van der Waals surface area contributed by atoms with E-state index in [1.54, 1.807) is 13.8 Å². The number of methoxy groups -OCH3 is 1. The van der Waals surface area contributed by atoms with Crippen LogP contribution in [0.15, 0.2) is 0 Å². The molecule has 0 spiro atoms. The third-order valence-corrected chi connectivity index (χ3v) is 14.0. The van der Waals surface area contributed by atoms with Gasteiger partial charge in [-0.05, 0) is 107 Å². The Hall–Kier alpha value is -1.30. The molecular formula is C37H67N5O5. The lowest BCUT2D eigenvalue weighted by Crippen LogP contribution is -2.62. The third kappa shape index (κ3) is 7.43. The fourth-order valence-corrected chi connectivity index (χ4v) is 11.0. The van der Waals surface area contributed by atoms with Crippen LogP contribution in [0.4, 0.5) is 0 Å². The van der Waals surface area contributed by atoms with Crippen LogP contribution in [0.1, 0.15) is 86.0 Å². The van der Waals surface area contributed by atoms with Gasteiger partial charge in [-0.3, -0.25) is 14.4 Å². The van der Waals surface area contributed by atoms with Crippen LogP contribution in [0, 0.1) is 52.8 Å². The first kappa shape index (κ1) is 37.0. The van der Waals surface area contributed by atoms with E-state index in [-0.39, 0.29) is 36.4 Å². The van der Waals surface area contributed by atoms with Crippen molar-refractivity contribution in [1.82, 2.24) is 20.2 Å². The van der Waals surface area contributed by atoms with Gasteiger partial charge in [0, 0.05) is 64.6 Å². The molecule has 14 atom stereocenters. The van der Waals surface area contributed by atoms with Crippen LogP contribution in [0.3, 0.4) is 0 Å². The molecule has 2 bridgehead atoms. The molecule has 10 heteroatoms. The van der Waals surface area contributed by atoms with Crippen LogP contribution in [0.2, 0.25) is 0 Å². The number of nitrogens with zero attached hydrogens (tertiary/aromatic N) is 3. The summed E-state index contributed by atoms with van der Waals surface area (Å²) in [6.07, 6.45) is 7.75. The lowest BCUT2D eigenvalue weighted by atomic mass is 9.45. The van der Waals surface area contributed by atoms with E-state index in [1.165, 1.54) is 6.42 Å². The molecule has 0 aromatic carbocycles. The van der Waals surface area contributed by atoms with Crippen molar-refractivity contribution < 1.29 is 24.3 Å². The maximum absolute atomic E-state index is 14.3. The summed E-state index contributed by atoms with van der Waals surface area (Å²) < 4.78 is 6.39. The van der Waals surface area contributed by atoms with E-state index in [0.717, 1.165) is 51.5 Å². The highest BCUT2D eigenvalue weighted by molar-refractivity contribution is 5.82. The van der Waals surface area contributed by atoms with Crippen LogP contribution in [0.5, 0.6) is 0 Å². The topological polar surface area (TPSA) is 121 Å². The second-order valence-corrected chi connectivity index (χ2v) is 17.2. The lowest BCUT2D eigenvalue weighted by Gasteiger charge is -2.62. The standard InChI is InChI=1S/C37H67N5O5/c1-21-30-16-27(37(30,4)5)17-31(21)39-36(45)34-33(22(2)43)32(18-38)47-42(34)20-25-11-10-12-29(35(25)46-9)26-13-24(19-41(8)23(3)44)14-28(15-26)40(6)7/h21-22,24-35,43H,10-20,38H2,1-9H3,(H,39,45)/t21-,22-,24?,25?,26?,27+,28?,29?,30-,31-,32-,33-,34-,35?/m0/s1. The minimum atomic E-state index is -0.729. The molecule has 1 heterocycles. The Morgan fingerprint density at radius 3 is 2.43 bits per heavy atom. The Labute approximate surface area is 284 Å². The van der Waals surface area contributed by atoms with Gasteiger partial charge in [-0.1, -0.05) is 27.2 Å². The number of amides is 2. The number of rotatable bonds is 11. The van der Waals surface area contributed by atoms with Crippen LogP contribution in [-0.2, 0) is 19.2 Å².